The van der Waals surface area contributed by atoms with Crippen molar-refractivity contribution in [3.63, 3.8) is 0 Å². The molecule has 1 amide bonds. The molecule has 0 unspecified atom stereocenters. The van der Waals surface area contributed by atoms with Crippen LogP contribution in [0.4, 0.5) is 5.95 Å². The number of hydrogen-bond acceptors (Lipinski definition) is 5. The molecule has 0 saturated carbocycles. The molecule has 6 nitrogen and oxygen atoms in total. The number of nitrogens with two attached hydrogens (primary N) is 2. The molecular weight excluding hydrogens is 218 g/mol. The predicted octanol–water partition coefficient (Wildman–Crippen LogP) is 0.528. The van der Waals surface area contributed by atoms with E-state index in [0.29, 0.717) is 5.69 Å². The largest absolute Gasteiger partial charge is 0.368 e. The predicted molar refractivity (Wildman–Crippen MR) is 62.9 cm³/mol. The third-order valence-electron chi connectivity index (χ3n) is 2.18. The Morgan fingerprint density at radius 1 is 1.29 bits per heavy atom. The maximum absolute atomic E-state index is 11.0. The van der Waals surface area contributed by atoms with E-state index < -0.39 is 5.91 Å². The van der Waals surface area contributed by atoms with E-state index in [1.165, 1.54) is 6.20 Å². The van der Waals surface area contributed by atoms with Crippen LogP contribution in [0.5, 0.6) is 0 Å². The fourth-order valence-corrected chi connectivity index (χ4v) is 1.46. The molecule has 0 aromatic carbocycles. The van der Waals surface area contributed by atoms with E-state index in [0.717, 1.165) is 11.3 Å². The lowest BCUT2D eigenvalue weighted by atomic mass is 10.1. The minimum atomic E-state index is -0.578. The number of aromatic nitrogens is 3. The van der Waals surface area contributed by atoms with Crippen molar-refractivity contribution in [3.8, 4) is 11.3 Å². The van der Waals surface area contributed by atoms with Gasteiger partial charge in [0.2, 0.25) is 5.95 Å². The van der Waals surface area contributed by atoms with Crippen molar-refractivity contribution in [2.75, 3.05) is 5.73 Å². The summed E-state index contributed by atoms with van der Waals surface area (Å²) in [5.41, 5.74) is 13.0. The number of amides is 1. The zero-order chi connectivity index (χ0) is 12.4. The van der Waals surface area contributed by atoms with Crippen LogP contribution >= 0.6 is 0 Å². The van der Waals surface area contributed by atoms with E-state index in [2.05, 4.69) is 15.0 Å². The van der Waals surface area contributed by atoms with Gasteiger partial charge in [-0.2, -0.15) is 0 Å². The molecule has 2 rings (SSSR count). The molecule has 4 N–H and O–H groups in total. The van der Waals surface area contributed by atoms with Gasteiger partial charge < -0.3 is 11.5 Å². The van der Waals surface area contributed by atoms with Gasteiger partial charge in [-0.3, -0.25) is 9.78 Å². The number of nitrogen functional groups attached to an aromatic ring is 1. The molecule has 0 atom stereocenters. The van der Waals surface area contributed by atoms with Crippen molar-refractivity contribution in [1.29, 1.82) is 0 Å². The molecule has 0 radical (unpaired) electrons. The first-order valence-corrected chi connectivity index (χ1v) is 4.93. The second kappa shape index (κ2) is 4.17. The van der Waals surface area contributed by atoms with E-state index >= 15 is 0 Å². The van der Waals surface area contributed by atoms with E-state index in [1.54, 1.807) is 18.2 Å². The van der Waals surface area contributed by atoms with Gasteiger partial charge >= 0.3 is 0 Å². The lowest BCUT2D eigenvalue weighted by Crippen LogP contribution is -2.12. The van der Waals surface area contributed by atoms with E-state index in [4.69, 9.17) is 11.5 Å². The highest BCUT2D eigenvalue weighted by molar-refractivity contribution is 5.91. The highest BCUT2D eigenvalue weighted by atomic mass is 16.1. The van der Waals surface area contributed by atoms with E-state index in [-0.39, 0.29) is 11.6 Å². The van der Waals surface area contributed by atoms with Crippen LogP contribution in [0.1, 0.15) is 16.2 Å². The maximum Gasteiger partial charge on any atom is 0.267 e. The number of carbonyl (C=O) groups excluding carboxylic acids is 1. The summed E-state index contributed by atoms with van der Waals surface area (Å²) < 4.78 is 0. The topological polar surface area (TPSA) is 108 Å². The summed E-state index contributed by atoms with van der Waals surface area (Å²) in [7, 11) is 0. The summed E-state index contributed by atoms with van der Waals surface area (Å²) in [6.07, 6.45) is 1.50. The quantitative estimate of drug-likeness (QED) is 0.780. The first-order valence-electron chi connectivity index (χ1n) is 4.93. The first-order chi connectivity index (χ1) is 8.06. The van der Waals surface area contributed by atoms with Gasteiger partial charge in [0.05, 0.1) is 5.69 Å². The highest BCUT2D eigenvalue weighted by Gasteiger charge is 2.07. The Labute approximate surface area is 97.7 Å². The number of anilines is 1. The van der Waals surface area contributed by atoms with Crippen LogP contribution in [-0.2, 0) is 0 Å². The Morgan fingerprint density at radius 2 is 2.06 bits per heavy atom. The Morgan fingerprint density at radius 3 is 2.71 bits per heavy atom. The molecule has 86 valence electrons. The summed E-state index contributed by atoms with van der Waals surface area (Å²) in [6.45, 7) is 1.82. The van der Waals surface area contributed by atoms with Crippen molar-refractivity contribution < 1.29 is 4.79 Å². The summed E-state index contributed by atoms with van der Waals surface area (Å²) in [5.74, 6) is -0.386. The van der Waals surface area contributed by atoms with E-state index in [1.807, 2.05) is 6.92 Å². The molecule has 0 spiro atoms. The van der Waals surface area contributed by atoms with Crippen molar-refractivity contribution in [2.45, 2.75) is 6.92 Å². The summed E-state index contributed by atoms with van der Waals surface area (Å²) in [4.78, 5) is 22.9. The molecule has 6 heteroatoms. The average Bonchev–Trinajstić information content (AvgIpc) is 2.28. The zero-order valence-corrected chi connectivity index (χ0v) is 9.21. The van der Waals surface area contributed by atoms with Crippen LogP contribution in [-0.4, -0.2) is 20.9 Å². The van der Waals surface area contributed by atoms with Crippen LogP contribution in [0.2, 0.25) is 0 Å². The summed E-state index contributed by atoms with van der Waals surface area (Å²) >= 11 is 0. The molecule has 0 aliphatic carbocycles. The lowest BCUT2D eigenvalue weighted by molar-refractivity contribution is 0.0995. The van der Waals surface area contributed by atoms with Crippen LogP contribution in [0.15, 0.2) is 24.4 Å². The number of pyridine rings is 1. The fraction of sp³-hybridized carbons (Fsp3) is 0.0909. The van der Waals surface area contributed by atoms with Gasteiger partial charge in [-0.05, 0) is 25.1 Å². The molecule has 0 bridgehead atoms. The van der Waals surface area contributed by atoms with Crippen LogP contribution in [0, 0.1) is 6.92 Å². The fourth-order valence-electron chi connectivity index (χ4n) is 1.46. The molecule has 0 saturated heterocycles. The smallest absolute Gasteiger partial charge is 0.267 e. The van der Waals surface area contributed by atoms with Gasteiger partial charge in [0.25, 0.3) is 5.91 Å². The number of rotatable bonds is 2. The monoisotopic (exact) mass is 229 g/mol. The van der Waals surface area contributed by atoms with Crippen LogP contribution in [0.3, 0.4) is 0 Å². The third kappa shape index (κ3) is 2.36. The molecule has 2 aromatic rings. The number of nitrogens with zero attached hydrogens (tertiary/aromatic N) is 3. The second-order valence-corrected chi connectivity index (χ2v) is 3.55. The van der Waals surface area contributed by atoms with Crippen molar-refractivity contribution in [2.24, 2.45) is 5.73 Å². The number of hydrogen-bond donors (Lipinski definition) is 2. The molecular formula is C11H11N5O. The minimum absolute atomic E-state index is 0.192. The lowest BCUT2D eigenvalue weighted by Gasteiger charge is -2.04. The third-order valence-corrected chi connectivity index (χ3v) is 2.18. The Kier molecular flexibility index (Phi) is 2.70. The van der Waals surface area contributed by atoms with Crippen molar-refractivity contribution >= 4 is 11.9 Å². The minimum Gasteiger partial charge on any atom is -0.368 e. The highest BCUT2D eigenvalue weighted by Crippen LogP contribution is 2.18. The van der Waals surface area contributed by atoms with Gasteiger partial charge in [-0.25, -0.2) is 9.97 Å². The van der Waals surface area contributed by atoms with Gasteiger partial charge in [0.1, 0.15) is 5.69 Å². The Balaban J connectivity index is 2.52. The molecule has 2 heterocycles. The standard InChI is InChI=1S/C11H11N5O/c1-6-4-8(16-11(13)15-6)7-2-3-14-9(5-7)10(12)17/h2-5H,1H3,(H2,12,17)(H2,13,15,16). The number of aryl methyl sites for hydroxylation is 1. The molecule has 0 fully saturated rings. The number of primary amides is 1. The van der Waals surface area contributed by atoms with Gasteiger partial charge in [0.15, 0.2) is 0 Å². The molecule has 2 aromatic heterocycles. The second-order valence-electron chi connectivity index (χ2n) is 3.55. The molecule has 17 heavy (non-hydrogen) atoms. The summed E-state index contributed by atoms with van der Waals surface area (Å²) in [6, 6.07) is 5.08. The normalized spacial score (nSPS) is 10.2. The average molecular weight is 229 g/mol. The van der Waals surface area contributed by atoms with Gasteiger partial charge in [0, 0.05) is 17.5 Å². The number of carbonyl (C=O) groups is 1. The molecule has 0 aliphatic rings. The van der Waals surface area contributed by atoms with Crippen molar-refractivity contribution in [1.82, 2.24) is 15.0 Å². The maximum atomic E-state index is 11.0. The van der Waals surface area contributed by atoms with E-state index in [9.17, 15) is 4.79 Å². The van der Waals surface area contributed by atoms with Crippen molar-refractivity contribution in [3.05, 3.63) is 35.8 Å². The molecule has 0 aliphatic heterocycles. The van der Waals surface area contributed by atoms with Gasteiger partial charge in [-0.1, -0.05) is 0 Å². The van der Waals surface area contributed by atoms with Crippen LogP contribution in [0.25, 0.3) is 11.3 Å². The zero-order valence-electron chi connectivity index (χ0n) is 9.21. The first kappa shape index (κ1) is 11.0. The SMILES string of the molecule is Cc1cc(-c2ccnc(C(N)=O)c2)nc(N)n1. The van der Waals surface area contributed by atoms with Crippen LogP contribution < -0.4 is 11.5 Å². The Hall–Kier alpha value is -2.50. The summed E-state index contributed by atoms with van der Waals surface area (Å²) in [5, 5.41) is 0. The van der Waals surface area contributed by atoms with Gasteiger partial charge in [-0.15, -0.1) is 0 Å². The Bertz CT molecular complexity index is 562.